The highest BCUT2D eigenvalue weighted by molar-refractivity contribution is 7.14. The molecule has 172 valence electrons. The predicted octanol–water partition coefficient (Wildman–Crippen LogP) is 5.00. The summed E-state index contributed by atoms with van der Waals surface area (Å²) in [5.74, 6) is 1.33. The van der Waals surface area contributed by atoms with E-state index in [1.165, 1.54) is 22.7 Å². The molecule has 1 fully saturated rings. The minimum Gasteiger partial charge on any atom is -0.493 e. The lowest BCUT2D eigenvalue weighted by Crippen LogP contribution is -2.39. The Labute approximate surface area is 200 Å². The van der Waals surface area contributed by atoms with Gasteiger partial charge in [-0.15, -0.1) is 22.7 Å². The molecule has 0 radical (unpaired) electrons. The average molecular weight is 484 g/mol. The van der Waals surface area contributed by atoms with Crippen molar-refractivity contribution in [3.8, 4) is 17.2 Å². The van der Waals surface area contributed by atoms with Gasteiger partial charge in [-0.25, -0.2) is 4.98 Å². The molecule has 4 aromatic rings. The molecule has 0 aliphatic carbocycles. The number of hydrogen-bond donors (Lipinski definition) is 0. The van der Waals surface area contributed by atoms with Crippen molar-refractivity contribution in [3.05, 3.63) is 52.0 Å². The van der Waals surface area contributed by atoms with Gasteiger partial charge in [0.25, 0.3) is 5.91 Å². The normalized spacial score (nSPS) is 14.6. The van der Waals surface area contributed by atoms with E-state index in [1.807, 2.05) is 47.2 Å². The fraction of sp³-hybridized carbons (Fsp3) is 0.333. The Bertz CT molecular complexity index is 1210. The molecule has 1 saturated heterocycles. The highest BCUT2D eigenvalue weighted by atomic mass is 32.1. The molecule has 7 nitrogen and oxygen atoms in total. The number of fused-ring (bicyclic) bond motifs is 1. The van der Waals surface area contributed by atoms with E-state index in [4.69, 9.17) is 18.9 Å². The van der Waals surface area contributed by atoms with Crippen molar-refractivity contribution in [1.82, 2.24) is 9.88 Å². The highest BCUT2D eigenvalue weighted by Gasteiger charge is 2.23. The van der Waals surface area contributed by atoms with Gasteiger partial charge in [0.1, 0.15) is 5.69 Å². The van der Waals surface area contributed by atoms with E-state index < -0.39 is 0 Å². The zero-order valence-corrected chi connectivity index (χ0v) is 20.0. The number of aromatic nitrogens is 1. The fourth-order valence-corrected chi connectivity index (χ4v) is 5.43. The molecule has 1 aliphatic rings. The van der Waals surface area contributed by atoms with Gasteiger partial charge in [-0.05, 0) is 30.0 Å². The smallest absolute Gasteiger partial charge is 0.270 e. The first-order valence-electron chi connectivity index (χ1n) is 10.9. The van der Waals surface area contributed by atoms with Gasteiger partial charge < -0.3 is 13.9 Å². The zero-order chi connectivity index (χ0) is 22.6. The van der Waals surface area contributed by atoms with Crippen LogP contribution in [0.5, 0.6) is 5.75 Å². The van der Waals surface area contributed by atoms with Gasteiger partial charge in [0.15, 0.2) is 22.2 Å². The molecule has 9 heteroatoms. The van der Waals surface area contributed by atoms with Crippen molar-refractivity contribution in [2.45, 2.75) is 6.42 Å². The second kappa shape index (κ2) is 10.0. The van der Waals surface area contributed by atoms with E-state index in [0.29, 0.717) is 39.3 Å². The summed E-state index contributed by atoms with van der Waals surface area (Å²) < 4.78 is 16.9. The maximum absolute atomic E-state index is 13.3. The number of hydrogen-bond acceptors (Lipinski definition) is 8. The molecule has 0 spiro atoms. The number of methoxy groups -OCH3 is 1. The Hall–Kier alpha value is -2.72. The zero-order valence-electron chi connectivity index (χ0n) is 18.4. The van der Waals surface area contributed by atoms with Crippen LogP contribution in [0.4, 0.5) is 5.13 Å². The van der Waals surface area contributed by atoms with E-state index >= 15 is 0 Å². The third kappa shape index (κ3) is 4.81. The lowest BCUT2D eigenvalue weighted by molar-refractivity contribution is 0.0376. The summed E-state index contributed by atoms with van der Waals surface area (Å²) in [6, 6.07) is 11.5. The number of amides is 1. The monoisotopic (exact) mass is 483 g/mol. The maximum atomic E-state index is 13.3. The van der Waals surface area contributed by atoms with Crippen molar-refractivity contribution in [2.75, 3.05) is 51.4 Å². The molecule has 1 aliphatic heterocycles. The number of thiophene rings is 1. The van der Waals surface area contributed by atoms with Crippen LogP contribution in [0, 0.1) is 0 Å². The molecule has 1 aromatic carbocycles. The van der Waals surface area contributed by atoms with Crippen LogP contribution in [-0.4, -0.2) is 62.3 Å². The molecule has 0 N–H and O–H groups in total. The Morgan fingerprint density at radius 3 is 2.88 bits per heavy atom. The quantitative estimate of drug-likeness (QED) is 0.352. The van der Waals surface area contributed by atoms with Crippen LogP contribution >= 0.6 is 22.7 Å². The fourth-order valence-electron chi connectivity index (χ4n) is 3.92. The van der Waals surface area contributed by atoms with Crippen LogP contribution in [0.15, 0.2) is 51.6 Å². The molecular formula is C24H25N3O4S2. The molecule has 0 saturated carbocycles. The van der Waals surface area contributed by atoms with E-state index in [-0.39, 0.29) is 5.91 Å². The first-order chi connectivity index (χ1) is 16.2. The largest absolute Gasteiger partial charge is 0.493 e. The number of carbonyl (C=O) groups is 1. The summed E-state index contributed by atoms with van der Waals surface area (Å²) in [5.41, 5.74) is 1.41. The van der Waals surface area contributed by atoms with Crippen LogP contribution in [0.2, 0.25) is 0 Å². The highest BCUT2D eigenvalue weighted by Crippen LogP contribution is 2.35. The minimum atomic E-state index is -0.0147. The number of rotatable bonds is 8. The number of benzene rings is 1. The Morgan fingerprint density at radius 2 is 2.09 bits per heavy atom. The molecule has 0 atom stereocenters. The summed E-state index contributed by atoms with van der Waals surface area (Å²) in [6.45, 7) is 4.96. The summed E-state index contributed by atoms with van der Waals surface area (Å²) in [4.78, 5) is 23.0. The number of morpholine rings is 1. The number of furan rings is 1. The van der Waals surface area contributed by atoms with Gasteiger partial charge in [-0.2, -0.15) is 0 Å². The van der Waals surface area contributed by atoms with Gasteiger partial charge in [0.2, 0.25) is 0 Å². The third-order valence-corrected chi connectivity index (χ3v) is 7.36. The predicted molar refractivity (Wildman–Crippen MR) is 132 cm³/mol. The Morgan fingerprint density at radius 1 is 1.21 bits per heavy atom. The molecule has 0 unspecified atom stereocenters. The second-order valence-corrected chi connectivity index (χ2v) is 9.53. The van der Waals surface area contributed by atoms with Crippen LogP contribution in [0.25, 0.3) is 22.4 Å². The summed E-state index contributed by atoms with van der Waals surface area (Å²) in [6.07, 6.45) is 0.869. The minimum absolute atomic E-state index is 0.0147. The Kier molecular flexibility index (Phi) is 6.73. The summed E-state index contributed by atoms with van der Waals surface area (Å²) in [5, 5.41) is 5.50. The summed E-state index contributed by atoms with van der Waals surface area (Å²) >= 11 is 2.91. The third-order valence-electron chi connectivity index (χ3n) is 5.64. The van der Waals surface area contributed by atoms with Gasteiger partial charge in [0.05, 0.1) is 25.2 Å². The SMILES string of the molecule is COc1cccc2cc(-c3csc(N(CCCN4CCOCC4)C(=O)c4cccs4)n3)oc12. The molecule has 4 heterocycles. The van der Waals surface area contributed by atoms with E-state index in [9.17, 15) is 4.79 Å². The number of ether oxygens (including phenoxy) is 2. The van der Waals surface area contributed by atoms with Crippen molar-refractivity contribution in [3.63, 3.8) is 0 Å². The lowest BCUT2D eigenvalue weighted by Gasteiger charge is -2.27. The first-order valence-corrected chi connectivity index (χ1v) is 12.7. The number of anilines is 1. The van der Waals surface area contributed by atoms with Crippen molar-refractivity contribution in [2.24, 2.45) is 0 Å². The first kappa shape index (κ1) is 22.1. The van der Waals surface area contributed by atoms with Gasteiger partial charge in [0, 0.05) is 36.9 Å². The van der Waals surface area contributed by atoms with Gasteiger partial charge >= 0.3 is 0 Å². The Balaban J connectivity index is 1.38. The van der Waals surface area contributed by atoms with Gasteiger partial charge in [-0.1, -0.05) is 18.2 Å². The average Bonchev–Trinajstić information content (AvgIpc) is 3.62. The van der Waals surface area contributed by atoms with Crippen molar-refractivity contribution < 1.29 is 18.7 Å². The topological polar surface area (TPSA) is 68.0 Å². The molecule has 33 heavy (non-hydrogen) atoms. The van der Waals surface area contributed by atoms with Crippen molar-refractivity contribution >= 4 is 44.7 Å². The molecule has 1 amide bonds. The second-order valence-electron chi connectivity index (χ2n) is 7.75. The van der Waals surface area contributed by atoms with E-state index in [0.717, 1.165) is 44.7 Å². The number of carbonyl (C=O) groups excluding carboxylic acids is 1. The van der Waals surface area contributed by atoms with Crippen LogP contribution in [0.1, 0.15) is 16.1 Å². The van der Waals surface area contributed by atoms with Crippen LogP contribution in [0.3, 0.4) is 0 Å². The van der Waals surface area contributed by atoms with E-state index in [2.05, 4.69) is 4.90 Å². The van der Waals surface area contributed by atoms with Crippen molar-refractivity contribution in [1.29, 1.82) is 0 Å². The number of thiazole rings is 1. The maximum Gasteiger partial charge on any atom is 0.270 e. The van der Waals surface area contributed by atoms with Crippen LogP contribution in [-0.2, 0) is 4.74 Å². The molecule has 0 bridgehead atoms. The number of para-hydroxylation sites is 1. The standard InChI is InChI=1S/C24H25N3O4S2/c1-29-19-6-2-5-17-15-20(31-22(17)19)18-16-33-24(25-18)27(23(28)21-7-3-14-32-21)9-4-8-26-10-12-30-13-11-26/h2-3,5-7,14-16H,4,8-13H2,1H3. The van der Waals surface area contributed by atoms with Gasteiger partial charge in [-0.3, -0.25) is 14.6 Å². The summed E-state index contributed by atoms with van der Waals surface area (Å²) in [7, 11) is 1.63. The molecule has 5 rings (SSSR count). The lowest BCUT2D eigenvalue weighted by atomic mass is 10.2. The van der Waals surface area contributed by atoms with Crippen LogP contribution < -0.4 is 9.64 Å². The number of nitrogens with zero attached hydrogens (tertiary/aromatic N) is 3. The van der Waals surface area contributed by atoms with E-state index in [1.54, 1.807) is 12.0 Å². The molecular weight excluding hydrogens is 458 g/mol. The molecule has 3 aromatic heterocycles.